The molecule has 3 aromatic heterocycles. The van der Waals surface area contributed by atoms with Crippen LogP contribution in [0.2, 0.25) is 0 Å². The minimum Gasteiger partial charge on any atom is -0.463 e. The van der Waals surface area contributed by atoms with Crippen molar-refractivity contribution in [3.8, 4) is 6.01 Å². The van der Waals surface area contributed by atoms with E-state index >= 15 is 0 Å². The summed E-state index contributed by atoms with van der Waals surface area (Å²) in [6.45, 7) is 8.19. The summed E-state index contributed by atoms with van der Waals surface area (Å²) in [6, 6.07) is 4.43. The van der Waals surface area contributed by atoms with Crippen molar-refractivity contribution >= 4 is 28.3 Å². The molecule has 0 aliphatic carbocycles. The number of nitrogens with two attached hydrogens (primary N) is 1. The first-order valence-electron chi connectivity index (χ1n) is 10.0. The van der Waals surface area contributed by atoms with Crippen molar-refractivity contribution < 1.29 is 4.74 Å². The number of anilines is 1. The van der Waals surface area contributed by atoms with Crippen LogP contribution in [0.5, 0.6) is 6.01 Å². The topological polar surface area (TPSA) is 114 Å². The van der Waals surface area contributed by atoms with Crippen LogP contribution in [-0.4, -0.2) is 57.2 Å². The molecule has 4 N–H and O–H groups in total. The number of piperazine rings is 1. The van der Waals surface area contributed by atoms with Crippen LogP contribution in [0.4, 0.5) is 5.82 Å². The molecular weight excluding hydrogens is 390 g/mol. The van der Waals surface area contributed by atoms with E-state index in [4.69, 9.17) is 10.5 Å². The summed E-state index contributed by atoms with van der Waals surface area (Å²) < 4.78 is 7.20. The van der Waals surface area contributed by atoms with E-state index in [1.54, 1.807) is 15.9 Å². The predicted molar refractivity (Wildman–Crippen MR) is 115 cm³/mol. The van der Waals surface area contributed by atoms with E-state index in [0.29, 0.717) is 24.3 Å². The molecule has 0 amide bonds. The number of ether oxygens (including phenoxy) is 1. The summed E-state index contributed by atoms with van der Waals surface area (Å²) in [5.41, 5.74) is 6.71. The van der Waals surface area contributed by atoms with Crippen LogP contribution in [0.1, 0.15) is 29.5 Å². The first kappa shape index (κ1) is 19.9. The lowest BCUT2D eigenvalue weighted by molar-refractivity contribution is 0.235. The van der Waals surface area contributed by atoms with E-state index in [9.17, 15) is 4.79 Å². The van der Waals surface area contributed by atoms with Gasteiger partial charge in [0.05, 0.1) is 13.2 Å². The highest BCUT2D eigenvalue weighted by Gasteiger charge is 2.16. The molecule has 4 heterocycles. The van der Waals surface area contributed by atoms with Gasteiger partial charge in [-0.1, -0.05) is 13.3 Å². The number of H-pyrrole nitrogens is 1. The zero-order valence-corrected chi connectivity index (χ0v) is 17.4. The monoisotopic (exact) mass is 417 g/mol. The molecule has 0 atom stereocenters. The van der Waals surface area contributed by atoms with E-state index in [1.165, 1.54) is 4.88 Å². The Kier molecular flexibility index (Phi) is 6.12. The number of nitrogen functional groups attached to an aromatic ring is 1. The van der Waals surface area contributed by atoms with Crippen LogP contribution in [0.15, 0.2) is 16.9 Å². The largest absolute Gasteiger partial charge is 0.463 e. The third-order valence-electron chi connectivity index (χ3n) is 4.98. The van der Waals surface area contributed by atoms with Gasteiger partial charge in [-0.2, -0.15) is 9.97 Å². The maximum atomic E-state index is 12.5. The molecule has 0 radical (unpaired) electrons. The number of unbranched alkanes of at least 4 members (excludes halogenated alkanes) is 1. The summed E-state index contributed by atoms with van der Waals surface area (Å²) in [4.78, 5) is 28.7. The second kappa shape index (κ2) is 8.93. The molecule has 10 heteroatoms. The highest BCUT2D eigenvalue weighted by molar-refractivity contribution is 7.11. The lowest BCUT2D eigenvalue weighted by Gasteiger charge is -2.26. The molecule has 0 spiro atoms. The van der Waals surface area contributed by atoms with Crippen LogP contribution in [0.3, 0.4) is 0 Å². The molecule has 0 saturated carbocycles. The Morgan fingerprint density at radius 1 is 1.21 bits per heavy atom. The number of aromatic nitrogens is 4. The smallest absolute Gasteiger partial charge is 0.328 e. The van der Waals surface area contributed by atoms with Gasteiger partial charge in [0, 0.05) is 42.5 Å². The summed E-state index contributed by atoms with van der Waals surface area (Å²) in [5, 5.41) is 3.37. The van der Waals surface area contributed by atoms with Gasteiger partial charge in [-0.3, -0.25) is 9.47 Å². The standard InChI is InChI=1S/C19H27N7O2S/c1-2-3-10-28-18-23-16(20)15-17(24-18)26(19(27)22-15)12-14-5-4-13(29-14)11-25-8-6-21-7-9-25/h4-5,21H,2-3,6-12H2,1H3,(H,22,27)(H2,20,23,24). The molecule has 156 valence electrons. The molecule has 1 fully saturated rings. The summed E-state index contributed by atoms with van der Waals surface area (Å²) >= 11 is 1.73. The third kappa shape index (κ3) is 4.60. The lowest BCUT2D eigenvalue weighted by atomic mass is 10.3. The van der Waals surface area contributed by atoms with Crippen molar-refractivity contribution in [1.82, 2.24) is 29.7 Å². The normalized spacial score (nSPS) is 15.2. The maximum absolute atomic E-state index is 12.5. The summed E-state index contributed by atoms with van der Waals surface area (Å²) in [6.07, 6.45) is 1.92. The zero-order valence-electron chi connectivity index (χ0n) is 16.6. The van der Waals surface area contributed by atoms with Gasteiger partial charge < -0.3 is 20.8 Å². The molecule has 0 unspecified atom stereocenters. The Bertz CT molecular complexity index is 1020. The van der Waals surface area contributed by atoms with Crippen molar-refractivity contribution in [3.63, 3.8) is 0 Å². The van der Waals surface area contributed by atoms with Crippen LogP contribution < -0.4 is 21.5 Å². The van der Waals surface area contributed by atoms with Crippen LogP contribution in [0, 0.1) is 0 Å². The van der Waals surface area contributed by atoms with Crippen LogP contribution >= 0.6 is 11.3 Å². The molecule has 29 heavy (non-hydrogen) atoms. The number of nitrogens with one attached hydrogen (secondary N) is 2. The second-order valence-electron chi connectivity index (χ2n) is 7.20. The van der Waals surface area contributed by atoms with Crippen LogP contribution in [-0.2, 0) is 13.1 Å². The fourth-order valence-electron chi connectivity index (χ4n) is 3.39. The number of nitrogens with zero attached hydrogens (tertiary/aromatic N) is 4. The molecular formula is C19H27N7O2S. The number of hydrogen-bond donors (Lipinski definition) is 3. The third-order valence-corrected chi connectivity index (χ3v) is 6.03. The van der Waals surface area contributed by atoms with E-state index in [0.717, 1.165) is 50.4 Å². The Morgan fingerprint density at radius 2 is 1.97 bits per heavy atom. The fourth-order valence-corrected chi connectivity index (χ4v) is 4.44. The average molecular weight is 418 g/mol. The van der Waals surface area contributed by atoms with Gasteiger partial charge in [0.2, 0.25) is 0 Å². The Hall–Kier alpha value is -2.43. The quantitative estimate of drug-likeness (QED) is 0.475. The molecule has 0 bridgehead atoms. The SMILES string of the molecule is CCCCOc1nc(N)c2[nH]c(=O)n(Cc3ccc(CN4CCNCC4)s3)c2n1. The number of aromatic amines is 1. The first-order chi connectivity index (χ1) is 14.1. The summed E-state index contributed by atoms with van der Waals surface area (Å²) in [5.74, 6) is 0.225. The van der Waals surface area contributed by atoms with Crippen LogP contribution in [0.25, 0.3) is 11.2 Å². The lowest BCUT2D eigenvalue weighted by Crippen LogP contribution is -2.42. The number of imidazole rings is 1. The highest BCUT2D eigenvalue weighted by Crippen LogP contribution is 2.22. The minimum absolute atomic E-state index is 0.210. The average Bonchev–Trinajstić information content (AvgIpc) is 3.28. The molecule has 4 rings (SSSR count). The van der Waals surface area contributed by atoms with Gasteiger partial charge in [-0.25, -0.2) is 4.79 Å². The van der Waals surface area contributed by atoms with Crippen molar-refractivity contribution in [3.05, 3.63) is 32.4 Å². The Morgan fingerprint density at radius 3 is 2.72 bits per heavy atom. The van der Waals surface area contributed by atoms with E-state index in [1.807, 2.05) is 0 Å². The molecule has 0 aromatic carbocycles. The Labute approximate surface area is 172 Å². The molecule has 1 aliphatic heterocycles. The van der Waals surface area contributed by atoms with Gasteiger partial charge in [-0.05, 0) is 18.6 Å². The Balaban J connectivity index is 1.54. The van der Waals surface area contributed by atoms with Gasteiger partial charge in [0.25, 0.3) is 0 Å². The van der Waals surface area contributed by atoms with Gasteiger partial charge in [0.1, 0.15) is 5.52 Å². The highest BCUT2D eigenvalue weighted by atomic mass is 32.1. The van der Waals surface area contributed by atoms with E-state index < -0.39 is 0 Å². The number of hydrogen-bond acceptors (Lipinski definition) is 8. The van der Waals surface area contributed by atoms with Crippen molar-refractivity contribution in [2.75, 3.05) is 38.5 Å². The van der Waals surface area contributed by atoms with Crippen molar-refractivity contribution in [1.29, 1.82) is 0 Å². The van der Waals surface area contributed by atoms with E-state index in [-0.39, 0.29) is 17.5 Å². The summed E-state index contributed by atoms with van der Waals surface area (Å²) in [7, 11) is 0. The molecule has 9 nitrogen and oxygen atoms in total. The van der Waals surface area contributed by atoms with Gasteiger partial charge >= 0.3 is 11.7 Å². The minimum atomic E-state index is -0.247. The molecule has 3 aromatic rings. The zero-order chi connectivity index (χ0) is 20.2. The second-order valence-corrected chi connectivity index (χ2v) is 8.46. The fraction of sp³-hybridized carbons (Fsp3) is 0.526. The van der Waals surface area contributed by atoms with Gasteiger partial charge in [0.15, 0.2) is 11.5 Å². The van der Waals surface area contributed by atoms with Crippen molar-refractivity contribution in [2.24, 2.45) is 0 Å². The molecule has 1 aliphatic rings. The van der Waals surface area contributed by atoms with Crippen molar-refractivity contribution in [2.45, 2.75) is 32.9 Å². The maximum Gasteiger partial charge on any atom is 0.328 e. The number of thiophene rings is 1. The van der Waals surface area contributed by atoms with Gasteiger partial charge in [-0.15, -0.1) is 11.3 Å². The molecule has 1 saturated heterocycles. The van der Waals surface area contributed by atoms with E-state index in [2.05, 4.69) is 44.2 Å². The number of rotatable bonds is 8. The first-order valence-corrected chi connectivity index (χ1v) is 10.8. The predicted octanol–water partition coefficient (Wildman–Crippen LogP) is 1.40. The number of fused-ring (bicyclic) bond motifs is 1.